The number of benzene rings is 1. The second-order valence-corrected chi connectivity index (χ2v) is 9.62. The molecule has 1 saturated carbocycles. The maximum Gasteiger partial charge on any atom is 0.251 e. The molecule has 3 rings (SSSR count). The Kier molecular flexibility index (Phi) is 8.09. The van der Waals surface area contributed by atoms with Crippen molar-refractivity contribution in [3.63, 3.8) is 0 Å². The van der Waals surface area contributed by atoms with E-state index in [1.54, 1.807) is 18.3 Å². The highest BCUT2D eigenvalue weighted by Gasteiger charge is 2.29. The molecule has 1 heterocycles. The lowest BCUT2D eigenvalue weighted by molar-refractivity contribution is 0.0950. The zero-order chi connectivity index (χ0) is 23.1. The van der Waals surface area contributed by atoms with Gasteiger partial charge in [-0.1, -0.05) is 25.8 Å². The molecule has 2 atom stereocenters. The predicted molar refractivity (Wildman–Crippen MR) is 121 cm³/mol. The molecule has 2 unspecified atom stereocenters. The lowest BCUT2D eigenvalue weighted by atomic mass is 9.87. The molecular weight excluding hydrogens is 430 g/mol. The van der Waals surface area contributed by atoms with Gasteiger partial charge in [0, 0.05) is 29.9 Å². The third-order valence-electron chi connectivity index (χ3n) is 5.70. The minimum absolute atomic E-state index is 0.0400. The molecule has 1 amide bonds. The number of amides is 1. The number of aromatic nitrogens is 1. The first-order chi connectivity index (χ1) is 15.4. The Morgan fingerprint density at radius 3 is 2.72 bits per heavy atom. The van der Waals surface area contributed by atoms with Gasteiger partial charge in [-0.3, -0.25) is 4.79 Å². The van der Waals surface area contributed by atoms with Crippen molar-refractivity contribution in [1.82, 2.24) is 15.0 Å². The highest BCUT2D eigenvalue weighted by atomic mass is 32.2. The summed E-state index contributed by atoms with van der Waals surface area (Å²) in [7, 11) is -2.45. The highest BCUT2D eigenvalue weighted by molar-refractivity contribution is 7.89. The normalized spacial score (nSPS) is 18.7. The fourth-order valence-corrected chi connectivity index (χ4v) is 5.46. The number of pyridine rings is 1. The van der Waals surface area contributed by atoms with Crippen molar-refractivity contribution in [2.45, 2.75) is 57.0 Å². The van der Waals surface area contributed by atoms with E-state index in [2.05, 4.69) is 21.9 Å². The Bertz CT molecular complexity index is 1040. The average molecular weight is 462 g/mol. The van der Waals surface area contributed by atoms with Gasteiger partial charge in [0.1, 0.15) is 10.6 Å². The van der Waals surface area contributed by atoms with E-state index >= 15 is 0 Å². The smallest absolute Gasteiger partial charge is 0.251 e. The first-order valence-electron chi connectivity index (χ1n) is 10.9. The van der Waals surface area contributed by atoms with E-state index in [4.69, 9.17) is 9.47 Å². The summed E-state index contributed by atoms with van der Waals surface area (Å²) in [6, 6.07) is 7.86. The molecule has 0 saturated heterocycles. The molecule has 1 aliphatic carbocycles. The van der Waals surface area contributed by atoms with Crippen molar-refractivity contribution < 1.29 is 22.7 Å². The van der Waals surface area contributed by atoms with Crippen LogP contribution in [0.4, 0.5) is 0 Å². The Balaban J connectivity index is 1.78. The van der Waals surface area contributed by atoms with Crippen LogP contribution < -0.4 is 19.5 Å². The number of carbonyl (C=O) groups is 1. The fraction of sp³-hybridized carbons (Fsp3) is 0.478. The van der Waals surface area contributed by atoms with Gasteiger partial charge in [0.25, 0.3) is 5.91 Å². The molecule has 1 aromatic heterocycles. The number of methoxy groups -OCH3 is 1. The summed E-state index contributed by atoms with van der Waals surface area (Å²) in [6.07, 6.45) is 5.52. The van der Waals surface area contributed by atoms with Crippen molar-refractivity contribution in [1.29, 1.82) is 0 Å². The number of hydrogen-bond donors (Lipinski definition) is 2. The van der Waals surface area contributed by atoms with Crippen LogP contribution in [0.5, 0.6) is 11.6 Å². The van der Waals surface area contributed by atoms with Gasteiger partial charge in [-0.25, -0.2) is 18.1 Å². The van der Waals surface area contributed by atoms with Gasteiger partial charge in [-0.15, -0.1) is 0 Å². The maximum atomic E-state index is 13.1. The van der Waals surface area contributed by atoms with Crippen molar-refractivity contribution in [3.05, 3.63) is 47.7 Å². The molecule has 9 heteroatoms. The van der Waals surface area contributed by atoms with Crippen LogP contribution in [0.3, 0.4) is 0 Å². The third kappa shape index (κ3) is 5.77. The van der Waals surface area contributed by atoms with Gasteiger partial charge in [0.15, 0.2) is 0 Å². The van der Waals surface area contributed by atoms with E-state index in [9.17, 15) is 13.2 Å². The van der Waals surface area contributed by atoms with Gasteiger partial charge in [-0.05, 0) is 49.9 Å². The standard InChI is InChI=1S/C23H31N3O5S/c1-4-31-23-18(9-7-13-24-23)15-25-22(27)17-11-12-20(30-3)21(14-17)32(28,29)26-19-10-6-5-8-16(19)2/h7,9,11-14,16,19,26H,4-6,8,10,15H2,1-3H3,(H,25,27). The lowest BCUT2D eigenvalue weighted by Gasteiger charge is -2.29. The number of ether oxygens (including phenoxy) is 2. The minimum Gasteiger partial charge on any atom is -0.495 e. The first-order valence-corrected chi connectivity index (χ1v) is 12.4. The van der Waals surface area contributed by atoms with Crippen LogP contribution in [0.2, 0.25) is 0 Å². The first kappa shape index (κ1) is 24.0. The molecule has 174 valence electrons. The quantitative estimate of drug-likeness (QED) is 0.594. The monoisotopic (exact) mass is 461 g/mol. The number of hydrogen-bond acceptors (Lipinski definition) is 6. The maximum absolute atomic E-state index is 13.1. The summed E-state index contributed by atoms with van der Waals surface area (Å²) in [5, 5.41) is 2.80. The molecule has 1 aliphatic rings. The molecule has 8 nitrogen and oxygen atoms in total. The van der Waals surface area contributed by atoms with Crippen molar-refractivity contribution in [3.8, 4) is 11.6 Å². The third-order valence-corrected chi connectivity index (χ3v) is 7.21. The Morgan fingerprint density at radius 1 is 1.22 bits per heavy atom. The molecule has 2 aromatic rings. The van der Waals surface area contributed by atoms with Gasteiger partial charge in [-0.2, -0.15) is 0 Å². The molecule has 0 radical (unpaired) electrons. The summed E-state index contributed by atoms with van der Waals surface area (Å²) in [6.45, 7) is 4.58. The largest absolute Gasteiger partial charge is 0.495 e. The van der Waals surface area contributed by atoms with Gasteiger partial charge in [0.05, 0.1) is 13.7 Å². The highest BCUT2D eigenvalue weighted by Crippen LogP contribution is 2.29. The predicted octanol–water partition coefficient (Wildman–Crippen LogP) is 3.28. The van der Waals surface area contributed by atoms with Crippen LogP contribution in [0, 0.1) is 5.92 Å². The van der Waals surface area contributed by atoms with Crippen LogP contribution >= 0.6 is 0 Å². The fourth-order valence-electron chi connectivity index (χ4n) is 3.88. The molecule has 0 bridgehead atoms. The van der Waals surface area contributed by atoms with E-state index in [0.717, 1.165) is 31.2 Å². The summed E-state index contributed by atoms with van der Waals surface area (Å²) in [4.78, 5) is 16.9. The molecule has 0 spiro atoms. The van der Waals surface area contributed by atoms with Gasteiger partial charge < -0.3 is 14.8 Å². The van der Waals surface area contributed by atoms with Gasteiger partial charge in [0.2, 0.25) is 15.9 Å². The number of nitrogens with one attached hydrogen (secondary N) is 2. The topological polar surface area (TPSA) is 107 Å². The molecule has 2 N–H and O–H groups in total. The zero-order valence-electron chi connectivity index (χ0n) is 18.8. The average Bonchev–Trinajstić information content (AvgIpc) is 2.79. The minimum atomic E-state index is -3.86. The SMILES string of the molecule is CCOc1ncccc1CNC(=O)c1ccc(OC)c(S(=O)(=O)NC2CCCCC2C)c1. The van der Waals surface area contributed by atoms with Crippen molar-refractivity contribution in [2.24, 2.45) is 5.92 Å². The number of sulfonamides is 1. The summed E-state index contributed by atoms with van der Waals surface area (Å²) in [5.74, 6) is 0.513. The molecule has 1 aromatic carbocycles. The summed E-state index contributed by atoms with van der Waals surface area (Å²) in [5.41, 5.74) is 0.960. The summed E-state index contributed by atoms with van der Waals surface area (Å²) < 4.78 is 39.9. The van der Waals surface area contributed by atoms with E-state index < -0.39 is 15.9 Å². The van der Waals surface area contributed by atoms with Crippen LogP contribution in [0.15, 0.2) is 41.4 Å². The number of nitrogens with zero attached hydrogens (tertiary/aromatic N) is 1. The summed E-state index contributed by atoms with van der Waals surface area (Å²) >= 11 is 0. The van der Waals surface area contributed by atoms with Crippen LogP contribution in [0.1, 0.15) is 55.5 Å². The van der Waals surface area contributed by atoms with Crippen molar-refractivity contribution >= 4 is 15.9 Å². The lowest BCUT2D eigenvalue weighted by Crippen LogP contribution is -2.41. The molecule has 32 heavy (non-hydrogen) atoms. The van der Waals surface area contributed by atoms with E-state index in [1.165, 1.54) is 19.2 Å². The Morgan fingerprint density at radius 2 is 2.00 bits per heavy atom. The van der Waals surface area contributed by atoms with Gasteiger partial charge >= 0.3 is 0 Å². The second kappa shape index (κ2) is 10.8. The van der Waals surface area contributed by atoms with E-state index in [-0.39, 0.29) is 34.7 Å². The zero-order valence-corrected chi connectivity index (χ0v) is 19.6. The molecular formula is C23H31N3O5S. The van der Waals surface area contributed by atoms with E-state index in [0.29, 0.717) is 12.5 Å². The van der Waals surface area contributed by atoms with Crippen molar-refractivity contribution in [2.75, 3.05) is 13.7 Å². The van der Waals surface area contributed by atoms with Crippen LogP contribution in [-0.2, 0) is 16.6 Å². The second-order valence-electron chi connectivity index (χ2n) is 7.94. The van der Waals surface area contributed by atoms with Crippen LogP contribution in [0.25, 0.3) is 0 Å². The molecule has 0 aliphatic heterocycles. The molecule has 1 fully saturated rings. The van der Waals surface area contributed by atoms with E-state index in [1.807, 2.05) is 13.0 Å². The van der Waals surface area contributed by atoms with Crippen LogP contribution in [-0.4, -0.2) is 39.1 Å². The Hall–Kier alpha value is -2.65. The Labute approximate surface area is 189 Å². The number of carbonyl (C=O) groups excluding carboxylic acids is 1. The number of rotatable bonds is 9.